The maximum absolute atomic E-state index is 5.49. The minimum Gasteiger partial charge on any atom is -0.337 e. The van der Waals surface area contributed by atoms with Crippen LogP contribution in [0.4, 0.5) is 0 Å². The Morgan fingerprint density at radius 1 is 1.38 bits per heavy atom. The minimum atomic E-state index is 0.353. The summed E-state index contributed by atoms with van der Waals surface area (Å²) in [5.74, 6) is 1.00. The van der Waals surface area contributed by atoms with E-state index in [0.717, 1.165) is 21.3 Å². The third-order valence-electron chi connectivity index (χ3n) is 2.93. The Morgan fingerprint density at radius 3 is 2.95 bits per heavy atom. The SMILES string of the molecule is Cc1ccc(-c2noc(Cn3cc(CN)nn3)n2)c(Br)c1. The molecule has 0 saturated carbocycles. The molecule has 7 nitrogen and oxygen atoms in total. The molecule has 8 heteroatoms. The fourth-order valence-corrected chi connectivity index (χ4v) is 2.55. The molecular weight excluding hydrogens is 336 g/mol. The van der Waals surface area contributed by atoms with Crippen molar-refractivity contribution in [2.24, 2.45) is 5.73 Å². The molecule has 0 unspecified atom stereocenters. The Bertz CT molecular complexity index is 766. The van der Waals surface area contributed by atoms with Crippen molar-refractivity contribution < 1.29 is 4.52 Å². The van der Waals surface area contributed by atoms with Crippen molar-refractivity contribution in [3.8, 4) is 11.4 Å². The molecule has 2 aromatic heterocycles. The van der Waals surface area contributed by atoms with Gasteiger partial charge < -0.3 is 10.3 Å². The number of nitrogens with zero attached hydrogens (tertiary/aromatic N) is 5. The van der Waals surface area contributed by atoms with Crippen molar-refractivity contribution in [3.63, 3.8) is 0 Å². The molecule has 0 aliphatic rings. The van der Waals surface area contributed by atoms with Crippen molar-refractivity contribution in [1.29, 1.82) is 0 Å². The van der Waals surface area contributed by atoms with Gasteiger partial charge in [0.05, 0.1) is 11.9 Å². The van der Waals surface area contributed by atoms with Crippen LogP contribution in [0.2, 0.25) is 0 Å². The molecule has 3 aromatic rings. The highest BCUT2D eigenvalue weighted by atomic mass is 79.9. The monoisotopic (exact) mass is 348 g/mol. The zero-order valence-electron chi connectivity index (χ0n) is 11.3. The summed E-state index contributed by atoms with van der Waals surface area (Å²) in [6.07, 6.45) is 1.76. The summed E-state index contributed by atoms with van der Waals surface area (Å²) < 4.78 is 7.80. The summed E-state index contributed by atoms with van der Waals surface area (Å²) >= 11 is 3.51. The van der Waals surface area contributed by atoms with E-state index in [-0.39, 0.29) is 0 Å². The average Bonchev–Trinajstić information content (AvgIpc) is 3.08. The number of halogens is 1. The van der Waals surface area contributed by atoms with Crippen LogP contribution in [0.15, 0.2) is 33.4 Å². The quantitative estimate of drug-likeness (QED) is 0.773. The second-order valence-electron chi connectivity index (χ2n) is 4.61. The number of aromatic nitrogens is 5. The van der Waals surface area contributed by atoms with Crippen molar-refractivity contribution in [2.45, 2.75) is 20.0 Å². The van der Waals surface area contributed by atoms with Crippen LogP contribution in [0.25, 0.3) is 11.4 Å². The number of hydrogen-bond acceptors (Lipinski definition) is 6. The molecule has 1 aromatic carbocycles. The first kappa shape index (κ1) is 13.9. The van der Waals surface area contributed by atoms with Gasteiger partial charge in [-0.15, -0.1) is 5.10 Å². The van der Waals surface area contributed by atoms with Crippen molar-refractivity contribution >= 4 is 15.9 Å². The third-order valence-corrected chi connectivity index (χ3v) is 3.58. The number of aryl methyl sites for hydroxylation is 1. The predicted molar refractivity (Wildman–Crippen MR) is 79.2 cm³/mol. The minimum absolute atomic E-state index is 0.353. The Hall–Kier alpha value is -2.06. The van der Waals surface area contributed by atoms with Gasteiger partial charge in [0.25, 0.3) is 0 Å². The van der Waals surface area contributed by atoms with Gasteiger partial charge in [-0.2, -0.15) is 4.98 Å². The first-order valence-electron chi connectivity index (χ1n) is 6.34. The van der Waals surface area contributed by atoms with Crippen molar-refractivity contribution in [1.82, 2.24) is 25.1 Å². The molecule has 0 spiro atoms. The molecule has 21 heavy (non-hydrogen) atoms. The van der Waals surface area contributed by atoms with Gasteiger partial charge in [0.2, 0.25) is 11.7 Å². The molecule has 2 N–H and O–H groups in total. The largest absolute Gasteiger partial charge is 0.337 e. The lowest BCUT2D eigenvalue weighted by molar-refractivity contribution is 0.364. The van der Waals surface area contributed by atoms with E-state index in [0.29, 0.717) is 24.8 Å². The molecule has 0 fully saturated rings. The number of rotatable bonds is 4. The highest BCUT2D eigenvalue weighted by molar-refractivity contribution is 9.10. The molecule has 0 aliphatic carbocycles. The first-order valence-corrected chi connectivity index (χ1v) is 7.13. The Morgan fingerprint density at radius 2 is 2.24 bits per heavy atom. The van der Waals surface area contributed by atoms with Gasteiger partial charge in [-0.1, -0.05) is 32.4 Å². The second kappa shape index (κ2) is 5.74. The van der Waals surface area contributed by atoms with Crippen LogP contribution in [0.3, 0.4) is 0 Å². The Kier molecular flexibility index (Phi) is 3.80. The molecule has 0 bridgehead atoms. The van der Waals surface area contributed by atoms with Gasteiger partial charge in [0, 0.05) is 16.6 Å². The van der Waals surface area contributed by atoms with Crippen LogP contribution in [0.1, 0.15) is 17.1 Å². The fraction of sp³-hybridized carbons (Fsp3) is 0.231. The predicted octanol–water partition coefficient (Wildman–Crippen LogP) is 1.91. The topological polar surface area (TPSA) is 95.7 Å². The van der Waals surface area contributed by atoms with E-state index in [4.69, 9.17) is 10.3 Å². The third kappa shape index (κ3) is 3.01. The summed E-state index contributed by atoms with van der Waals surface area (Å²) in [5, 5.41) is 11.9. The average molecular weight is 349 g/mol. The van der Waals surface area contributed by atoms with Gasteiger partial charge in [0.15, 0.2) is 0 Å². The molecule has 3 rings (SSSR count). The van der Waals surface area contributed by atoms with Gasteiger partial charge in [-0.25, -0.2) is 4.68 Å². The van der Waals surface area contributed by atoms with E-state index >= 15 is 0 Å². The normalized spacial score (nSPS) is 11.0. The van der Waals surface area contributed by atoms with E-state index in [1.54, 1.807) is 10.9 Å². The lowest BCUT2D eigenvalue weighted by Crippen LogP contribution is -2.01. The lowest BCUT2D eigenvalue weighted by Gasteiger charge is -1.99. The van der Waals surface area contributed by atoms with Crippen LogP contribution in [-0.2, 0) is 13.1 Å². The fourth-order valence-electron chi connectivity index (χ4n) is 1.88. The van der Waals surface area contributed by atoms with Crippen LogP contribution in [0.5, 0.6) is 0 Å². The second-order valence-corrected chi connectivity index (χ2v) is 5.46. The van der Waals surface area contributed by atoms with Crippen LogP contribution in [-0.4, -0.2) is 25.1 Å². The summed E-state index contributed by atoms with van der Waals surface area (Å²) in [7, 11) is 0. The standard InChI is InChI=1S/C13H13BrN6O/c1-8-2-3-10(11(14)4-8)13-16-12(21-18-13)7-20-6-9(5-15)17-19-20/h2-4,6H,5,7,15H2,1H3. The maximum atomic E-state index is 5.49. The molecular formula is C13H13BrN6O. The summed E-state index contributed by atoms with van der Waals surface area (Å²) in [6, 6.07) is 5.97. The molecule has 0 saturated heterocycles. The molecule has 0 amide bonds. The van der Waals surface area contributed by atoms with E-state index in [1.165, 1.54) is 0 Å². The Labute approximate surface area is 129 Å². The van der Waals surface area contributed by atoms with E-state index in [1.807, 2.05) is 25.1 Å². The smallest absolute Gasteiger partial charge is 0.248 e. The molecule has 0 atom stereocenters. The first-order chi connectivity index (χ1) is 10.2. The van der Waals surface area contributed by atoms with E-state index < -0.39 is 0 Å². The van der Waals surface area contributed by atoms with E-state index in [9.17, 15) is 0 Å². The number of hydrogen-bond donors (Lipinski definition) is 1. The van der Waals surface area contributed by atoms with E-state index in [2.05, 4.69) is 36.4 Å². The highest BCUT2D eigenvalue weighted by Crippen LogP contribution is 2.26. The van der Waals surface area contributed by atoms with Gasteiger partial charge >= 0.3 is 0 Å². The summed E-state index contributed by atoms with van der Waals surface area (Å²) in [6.45, 7) is 2.74. The molecule has 2 heterocycles. The molecule has 0 radical (unpaired) electrons. The van der Waals surface area contributed by atoms with Gasteiger partial charge in [0.1, 0.15) is 6.54 Å². The Balaban J connectivity index is 1.82. The maximum Gasteiger partial charge on any atom is 0.248 e. The van der Waals surface area contributed by atoms with Crippen LogP contribution in [0, 0.1) is 6.92 Å². The van der Waals surface area contributed by atoms with Crippen LogP contribution >= 0.6 is 15.9 Å². The van der Waals surface area contributed by atoms with Gasteiger partial charge in [-0.05, 0) is 24.6 Å². The zero-order chi connectivity index (χ0) is 14.8. The number of nitrogens with two attached hydrogens (primary N) is 1. The van der Waals surface area contributed by atoms with Crippen molar-refractivity contribution in [3.05, 3.63) is 46.0 Å². The zero-order valence-corrected chi connectivity index (χ0v) is 12.9. The lowest BCUT2D eigenvalue weighted by atomic mass is 10.1. The summed E-state index contributed by atoms with van der Waals surface area (Å²) in [4.78, 5) is 4.37. The summed E-state index contributed by atoms with van der Waals surface area (Å²) in [5.41, 5.74) is 8.26. The number of benzene rings is 1. The van der Waals surface area contributed by atoms with Crippen molar-refractivity contribution in [2.75, 3.05) is 0 Å². The van der Waals surface area contributed by atoms with Crippen LogP contribution < -0.4 is 5.73 Å². The van der Waals surface area contributed by atoms with Gasteiger partial charge in [-0.3, -0.25) is 0 Å². The highest BCUT2D eigenvalue weighted by Gasteiger charge is 2.12. The molecule has 0 aliphatic heterocycles. The molecule has 108 valence electrons.